The molecule has 0 fully saturated rings. The number of nitrogens with zero attached hydrogens (tertiary/aromatic N) is 1. The minimum absolute atomic E-state index is 0.0639. The maximum atomic E-state index is 12.9. The van der Waals surface area contributed by atoms with E-state index in [4.69, 9.17) is 4.42 Å². The molecular weight excluding hydrogens is 444 g/mol. The lowest BCUT2D eigenvalue weighted by Gasteiger charge is -2.24. The quantitative estimate of drug-likeness (QED) is 0.488. The summed E-state index contributed by atoms with van der Waals surface area (Å²) in [5, 5.41) is 5.62. The second kappa shape index (κ2) is 9.07. The number of carbonyl (C=O) groups excluding carboxylic acids is 2. The molecule has 1 aliphatic heterocycles. The first kappa shape index (κ1) is 22.5. The van der Waals surface area contributed by atoms with Crippen LogP contribution in [-0.4, -0.2) is 31.0 Å². The molecule has 1 aromatic heterocycles. The topological polar surface area (TPSA) is 130 Å². The number of benzene rings is 2. The largest absolute Gasteiger partial charge is 0.441 e. The zero-order valence-electron chi connectivity index (χ0n) is 18.2. The highest BCUT2D eigenvalue weighted by molar-refractivity contribution is 7.92. The van der Waals surface area contributed by atoms with Crippen molar-refractivity contribution in [2.24, 2.45) is 0 Å². The number of fused-ring (bicyclic) bond motifs is 1. The molecular formula is C23H24N4O5S. The fourth-order valence-electron chi connectivity index (χ4n) is 3.64. The van der Waals surface area contributed by atoms with E-state index in [9.17, 15) is 18.0 Å². The van der Waals surface area contributed by atoms with Crippen molar-refractivity contribution in [3.05, 3.63) is 65.5 Å². The molecule has 1 atom stereocenters. The van der Waals surface area contributed by atoms with E-state index in [2.05, 4.69) is 20.3 Å². The first-order valence-corrected chi connectivity index (χ1v) is 12.2. The van der Waals surface area contributed by atoms with Gasteiger partial charge in [0.15, 0.2) is 0 Å². The highest BCUT2D eigenvalue weighted by Crippen LogP contribution is 2.32. The number of aryl methyl sites for hydroxylation is 1. The zero-order valence-corrected chi connectivity index (χ0v) is 19.0. The normalized spacial score (nSPS) is 15.5. The number of hydrogen-bond donors (Lipinski definition) is 3. The van der Waals surface area contributed by atoms with Crippen LogP contribution in [0, 0.1) is 6.92 Å². The van der Waals surface area contributed by atoms with E-state index in [0.29, 0.717) is 28.4 Å². The van der Waals surface area contributed by atoms with E-state index >= 15 is 0 Å². The molecule has 3 aromatic rings. The van der Waals surface area contributed by atoms with Gasteiger partial charge in [-0.2, -0.15) is 0 Å². The van der Waals surface area contributed by atoms with E-state index in [-0.39, 0.29) is 36.4 Å². The Kier molecular flexibility index (Phi) is 6.19. The monoisotopic (exact) mass is 468 g/mol. The molecule has 0 saturated carbocycles. The summed E-state index contributed by atoms with van der Waals surface area (Å²) in [6, 6.07) is 14.0. The molecule has 2 amide bonds. The maximum Gasteiger partial charge on any atom is 0.232 e. The molecule has 0 unspecified atom stereocenters. The Labute approximate surface area is 191 Å². The van der Waals surface area contributed by atoms with Crippen molar-refractivity contribution < 1.29 is 22.4 Å². The predicted octanol–water partition coefficient (Wildman–Crippen LogP) is 3.15. The standard InChI is InChI=1S/C23H24N4O5S/c1-3-33(30,31)27-19-11-7-5-9-16(19)23-26-20(14(2)32-23)13-24-22(29)17-12-21(28)25-18-10-6-4-8-15(17)18/h4-11,17,27H,3,12-13H2,1-2H3,(H,24,29)(H,25,28)/t17-/m1/s1. The van der Waals surface area contributed by atoms with Gasteiger partial charge < -0.3 is 15.1 Å². The molecule has 10 heteroatoms. The van der Waals surface area contributed by atoms with Gasteiger partial charge in [-0.25, -0.2) is 13.4 Å². The van der Waals surface area contributed by atoms with Gasteiger partial charge in [0.2, 0.25) is 27.7 Å². The Balaban J connectivity index is 1.52. The number of sulfonamides is 1. The first-order chi connectivity index (χ1) is 15.8. The van der Waals surface area contributed by atoms with Gasteiger partial charge in [0.25, 0.3) is 0 Å². The van der Waals surface area contributed by atoms with Crippen molar-refractivity contribution in [1.82, 2.24) is 10.3 Å². The van der Waals surface area contributed by atoms with Gasteiger partial charge in [-0.3, -0.25) is 14.3 Å². The molecule has 0 bridgehead atoms. The molecule has 0 spiro atoms. The number of rotatable bonds is 7. The van der Waals surface area contributed by atoms with E-state index in [1.807, 2.05) is 12.1 Å². The summed E-state index contributed by atoms with van der Waals surface area (Å²) >= 11 is 0. The molecule has 2 heterocycles. The average Bonchev–Trinajstić information content (AvgIpc) is 3.17. The summed E-state index contributed by atoms with van der Waals surface area (Å²) < 4.78 is 32.4. The minimum Gasteiger partial charge on any atom is -0.441 e. The van der Waals surface area contributed by atoms with Gasteiger partial charge in [0, 0.05) is 12.1 Å². The maximum absolute atomic E-state index is 12.9. The molecule has 0 radical (unpaired) electrons. The van der Waals surface area contributed by atoms with Crippen LogP contribution in [0.15, 0.2) is 52.9 Å². The van der Waals surface area contributed by atoms with Crippen LogP contribution in [0.5, 0.6) is 0 Å². The lowest BCUT2D eigenvalue weighted by molar-refractivity contribution is -0.126. The summed E-state index contributed by atoms with van der Waals surface area (Å²) in [6.45, 7) is 3.38. The second-order valence-corrected chi connectivity index (χ2v) is 9.69. The Hall–Kier alpha value is -3.66. The summed E-state index contributed by atoms with van der Waals surface area (Å²) in [5.41, 5.74) is 2.78. The lowest BCUT2D eigenvalue weighted by atomic mass is 9.90. The zero-order chi connectivity index (χ0) is 23.6. The third-order valence-electron chi connectivity index (χ3n) is 5.44. The fraction of sp³-hybridized carbons (Fsp3) is 0.261. The van der Waals surface area contributed by atoms with E-state index < -0.39 is 15.9 Å². The van der Waals surface area contributed by atoms with Gasteiger partial charge in [-0.15, -0.1) is 0 Å². The number of amides is 2. The van der Waals surface area contributed by atoms with Gasteiger partial charge in [-0.1, -0.05) is 30.3 Å². The summed E-state index contributed by atoms with van der Waals surface area (Å²) in [5.74, 6) is -0.400. The molecule has 1 aliphatic rings. The molecule has 4 rings (SSSR count). The van der Waals surface area contributed by atoms with Crippen molar-refractivity contribution in [1.29, 1.82) is 0 Å². The molecule has 2 aromatic carbocycles. The number of hydrogen-bond acceptors (Lipinski definition) is 6. The van der Waals surface area contributed by atoms with E-state index in [1.54, 1.807) is 50.2 Å². The van der Waals surface area contributed by atoms with Gasteiger partial charge in [-0.05, 0) is 37.6 Å². The number of carbonyl (C=O) groups is 2. The fourth-order valence-corrected chi connectivity index (χ4v) is 4.30. The average molecular weight is 469 g/mol. The predicted molar refractivity (Wildman–Crippen MR) is 124 cm³/mol. The highest BCUT2D eigenvalue weighted by Gasteiger charge is 2.30. The Bertz CT molecular complexity index is 1320. The highest BCUT2D eigenvalue weighted by atomic mass is 32.2. The number of aromatic nitrogens is 1. The number of oxazole rings is 1. The molecule has 0 aliphatic carbocycles. The smallest absolute Gasteiger partial charge is 0.232 e. The SMILES string of the molecule is CCS(=O)(=O)Nc1ccccc1-c1nc(CNC(=O)[C@@H]2CC(=O)Nc3ccccc32)c(C)o1. The van der Waals surface area contributed by atoms with Crippen molar-refractivity contribution >= 4 is 33.2 Å². The van der Waals surface area contributed by atoms with Crippen molar-refractivity contribution in [2.45, 2.75) is 32.7 Å². The number of para-hydroxylation sites is 2. The van der Waals surface area contributed by atoms with Crippen LogP contribution in [0.1, 0.15) is 36.3 Å². The van der Waals surface area contributed by atoms with Crippen LogP contribution in [0.4, 0.5) is 11.4 Å². The lowest BCUT2D eigenvalue weighted by Crippen LogP contribution is -2.34. The van der Waals surface area contributed by atoms with Crippen LogP contribution in [0.3, 0.4) is 0 Å². The summed E-state index contributed by atoms with van der Waals surface area (Å²) in [4.78, 5) is 29.4. The molecule has 172 valence electrons. The Morgan fingerprint density at radius 3 is 2.70 bits per heavy atom. The minimum atomic E-state index is -3.48. The van der Waals surface area contributed by atoms with Crippen molar-refractivity contribution in [3.63, 3.8) is 0 Å². The summed E-state index contributed by atoms with van der Waals surface area (Å²) in [6.07, 6.45) is 0.0663. The van der Waals surface area contributed by atoms with E-state index in [0.717, 1.165) is 5.56 Å². The summed E-state index contributed by atoms with van der Waals surface area (Å²) in [7, 11) is -3.48. The third-order valence-corrected chi connectivity index (χ3v) is 6.73. The molecule has 0 saturated heterocycles. The van der Waals surface area contributed by atoms with Gasteiger partial charge >= 0.3 is 0 Å². The second-order valence-electron chi connectivity index (χ2n) is 7.68. The molecule has 9 nitrogen and oxygen atoms in total. The van der Waals surface area contributed by atoms with Crippen LogP contribution in [0.2, 0.25) is 0 Å². The first-order valence-electron chi connectivity index (χ1n) is 10.5. The molecule has 3 N–H and O–H groups in total. The van der Waals surface area contributed by atoms with Crippen molar-refractivity contribution in [2.75, 3.05) is 15.8 Å². The van der Waals surface area contributed by atoms with Crippen LogP contribution >= 0.6 is 0 Å². The van der Waals surface area contributed by atoms with Gasteiger partial charge in [0.05, 0.1) is 29.5 Å². The van der Waals surface area contributed by atoms with Crippen LogP contribution < -0.4 is 15.4 Å². The van der Waals surface area contributed by atoms with Crippen LogP contribution in [-0.2, 0) is 26.2 Å². The Morgan fingerprint density at radius 2 is 1.91 bits per heavy atom. The molecule has 33 heavy (non-hydrogen) atoms. The third kappa shape index (κ3) is 4.90. The number of nitrogens with one attached hydrogen (secondary N) is 3. The Morgan fingerprint density at radius 1 is 1.18 bits per heavy atom. The van der Waals surface area contributed by atoms with Crippen LogP contribution in [0.25, 0.3) is 11.5 Å². The van der Waals surface area contributed by atoms with Crippen molar-refractivity contribution in [3.8, 4) is 11.5 Å². The van der Waals surface area contributed by atoms with E-state index in [1.165, 1.54) is 0 Å². The number of anilines is 2. The van der Waals surface area contributed by atoms with Gasteiger partial charge in [0.1, 0.15) is 11.5 Å².